The van der Waals surface area contributed by atoms with Crippen LogP contribution in [0.2, 0.25) is 0 Å². The smallest absolute Gasteiger partial charge is 0.150 e. The number of benzene rings is 1. The molecule has 0 amide bonds. The summed E-state index contributed by atoms with van der Waals surface area (Å²) in [5.74, 6) is 1.21. The molecule has 100 valence electrons. The molecule has 0 aromatic heterocycles. The highest BCUT2D eigenvalue weighted by atomic mass is 35.5. The minimum Gasteiger partial charge on any atom is -0.229 e. The minimum atomic E-state index is -2.87. The fourth-order valence-corrected chi connectivity index (χ4v) is 5.48. The summed E-state index contributed by atoms with van der Waals surface area (Å²) < 4.78 is 23.4. The quantitative estimate of drug-likeness (QED) is 0.798. The predicted octanol–water partition coefficient (Wildman–Crippen LogP) is 3.01. The molecule has 0 bridgehead atoms. The van der Waals surface area contributed by atoms with Gasteiger partial charge in [0.25, 0.3) is 0 Å². The lowest BCUT2D eigenvalue weighted by molar-refractivity contribution is 0.314. The molecule has 0 spiro atoms. The van der Waals surface area contributed by atoms with Gasteiger partial charge in [0.1, 0.15) is 0 Å². The molecule has 2 nitrogen and oxygen atoms in total. The van der Waals surface area contributed by atoms with Gasteiger partial charge in [0.2, 0.25) is 0 Å². The molecule has 4 heteroatoms. The van der Waals surface area contributed by atoms with Crippen LogP contribution in [0.3, 0.4) is 0 Å². The van der Waals surface area contributed by atoms with Crippen molar-refractivity contribution < 1.29 is 8.42 Å². The third-order valence-electron chi connectivity index (χ3n) is 4.23. The van der Waals surface area contributed by atoms with E-state index in [9.17, 15) is 8.42 Å². The third kappa shape index (κ3) is 2.43. The van der Waals surface area contributed by atoms with Crippen LogP contribution < -0.4 is 0 Å². The molecule has 1 heterocycles. The van der Waals surface area contributed by atoms with Gasteiger partial charge in [0.05, 0.1) is 11.5 Å². The molecule has 1 fully saturated rings. The van der Waals surface area contributed by atoms with E-state index >= 15 is 0 Å². The first-order valence-electron chi connectivity index (χ1n) is 6.36. The van der Waals surface area contributed by atoms with Crippen LogP contribution in [0.15, 0.2) is 30.3 Å². The van der Waals surface area contributed by atoms with Crippen LogP contribution in [0.25, 0.3) is 0 Å². The highest BCUT2D eigenvalue weighted by molar-refractivity contribution is 7.91. The zero-order valence-corrected chi connectivity index (χ0v) is 12.2. The lowest BCUT2D eigenvalue weighted by Crippen LogP contribution is -2.37. The molecular formula is C14H19ClO2S. The largest absolute Gasteiger partial charge is 0.229 e. The number of hydrogen-bond donors (Lipinski definition) is 0. The second kappa shape index (κ2) is 5.22. The zero-order valence-electron chi connectivity index (χ0n) is 10.6. The molecule has 18 heavy (non-hydrogen) atoms. The number of hydrogen-bond acceptors (Lipinski definition) is 2. The monoisotopic (exact) mass is 286 g/mol. The Morgan fingerprint density at radius 1 is 1.33 bits per heavy atom. The van der Waals surface area contributed by atoms with Crippen molar-refractivity contribution in [3.8, 4) is 0 Å². The summed E-state index contributed by atoms with van der Waals surface area (Å²) in [6.45, 7) is 2.10. The first-order valence-corrected chi connectivity index (χ1v) is 8.71. The van der Waals surface area contributed by atoms with Gasteiger partial charge in [-0.3, -0.25) is 0 Å². The SMILES string of the molecule is CCC(CCl)(c1ccccc1)C1CCS(=O)(=O)C1. The summed E-state index contributed by atoms with van der Waals surface area (Å²) in [6.07, 6.45) is 1.61. The van der Waals surface area contributed by atoms with Crippen LogP contribution >= 0.6 is 11.6 Å². The molecule has 2 atom stereocenters. The van der Waals surface area contributed by atoms with Crippen LogP contribution in [-0.4, -0.2) is 25.8 Å². The average Bonchev–Trinajstić information content (AvgIpc) is 2.74. The topological polar surface area (TPSA) is 34.1 Å². The molecule has 2 rings (SSSR count). The first-order chi connectivity index (χ1) is 8.54. The Balaban J connectivity index is 2.39. The van der Waals surface area contributed by atoms with E-state index in [-0.39, 0.29) is 17.1 Å². The molecule has 1 aromatic rings. The maximum absolute atomic E-state index is 11.7. The van der Waals surface area contributed by atoms with Crippen LogP contribution in [-0.2, 0) is 15.3 Å². The van der Waals surface area contributed by atoms with Crippen molar-refractivity contribution in [1.82, 2.24) is 0 Å². The van der Waals surface area contributed by atoms with Crippen molar-refractivity contribution in [3.05, 3.63) is 35.9 Å². The molecule has 1 aliphatic rings. The van der Waals surface area contributed by atoms with E-state index in [1.54, 1.807) is 0 Å². The van der Waals surface area contributed by atoms with Crippen LogP contribution in [0, 0.1) is 5.92 Å². The Morgan fingerprint density at radius 3 is 2.44 bits per heavy atom. The van der Waals surface area contributed by atoms with E-state index < -0.39 is 9.84 Å². The van der Waals surface area contributed by atoms with Crippen LogP contribution in [0.1, 0.15) is 25.3 Å². The van der Waals surface area contributed by atoms with E-state index in [2.05, 4.69) is 19.1 Å². The van der Waals surface area contributed by atoms with E-state index in [4.69, 9.17) is 11.6 Å². The molecule has 0 aliphatic carbocycles. The highest BCUT2D eigenvalue weighted by Gasteiger charge is 2.44. The molecule has 0 N–H and O–H groups in total. The van der Waals surface area contributed by atoms with Crippen LogP contribution in [0.4, 0.5) is 0 Å². The van der Waals surface area contributed by atoms with E-state index in [1.807, 2.05) is 18.2 Å². The van der Waals surface area contributed by atoms with Crippen molar-refractivity contribution in [2.45, 2.75) is 25.2 Å². The second-order valence-electron chi connectivity index (χ2n) is 5.11. The van der Waals surface area contributed by atoms with E-state index in [0.717, 1.165) is 12.8 Å². The minimum absolute atomic E-state index is 0.146. The van der Waals surface area contributed by atoms with Gasteiger partial charge in [-0.25, -0.2) is 8.42 Å². The lowest BCUT2D eigenvalue weighted by Gasteiger charge is -2.36. The standard InChI is InChI=1S/C14H19ClO2S/c1-2-14(11-15,12-6-4-3-5-7-12)13-8-9-18(16,17)10-13/h3-7,13H,2,8-11H2,1H3. The second-order valence-corrected chi connectivity index (χ2v) is 7.61. The van der Waals surface area contributed by atoms with Gasteiger partial charge in [-0.1, -0.05) is 37.3 Å². The highest BCUT2D eigenvalue weighted by Crippen LogP contribution is 2.42. The lowest BCUT2D eigenvalue weighted by atomic mass is 9.69. The van der Waals surface area contributed by atoms with Gasteiger partial charge in [-0.15, -0.1) is 11.6 Å². The summed E-state index contributed by atoms with van der Waals surface area (Å²) in [5.41, 5.74) is 0.969. The van der Waals surface area contributed by atoms with Crippen molar-refractivity contribution >= 4 is 21.4 Å². The van der Waals surface area contributed by atoms with Crippen molar-refractivity contribution in [3.63, 3.8) is 0 Å². The molecule has 0 saturated carbocycles. The molecule has 1 aromatic carbocycles. The summed E-state index contributed by atoms with van der Waals surface area (Å²) in [7, 11) is -2.87. The van der Waals surface area contributed by atoms with E-state index in [1.165, 1.54) is 5.56 Å². The van der Waals surface area contributed by atoms with E-state index in [0.29, 0.717) is 11.6 Å². The molecule has 2 unspecified atom stereocenters. The van der Waals surface area contributed by atoms with Gasteiger partial charge in [0.15, 0.2) is 9.84 Å². The Hall–Kier alpha value is -0.540. The maximum atomic E-state index is 11.7. The Labute approximate surface area is 114 Å². The summed E-state index contributed by atoms with van der Waals surface area (Å²) in [6, 6.07) is 10.1. The van der Waals surface area contributed by atoms with Gasteiger partial charge < -0.3 is 0 Å². The average molecular weight is 287 g/mol. The Morgan fingerprint density at radius 2 is 2.00 bits per heavy atom. The van der Waals surface area contributed by atoms with Crippen molar-refractivity contribution in [2.24, 2.45) is 5.92 Å². The first kappa shape index (κ1) is 13.9. The number of rotatable bonds is 4. The van der Waals surface area contributed by atoms with Gasteiger partial charge >= 0.3 is 0 Å². The normalized spacial score (nSPS) is 25.8. The molecular weight excluding hydrogens is 268 g/mol. The molecule has 1 saturated heterocycles. The number of alkyl halides is 1. The molecule has 0 radical (unpaired) electrons. The predicted molar refractivity (Wildman–Crippen MR) is 75.9 cm³/mol. The Kier molecular flexibility index (Phi) is 4.02. The van der Waals surface area contributed by atoms with Gasteiger partial charge in [-0.2, -0.15) is 0 Å². The summed E-state index contributed by atoms with van der Waals surface area (Å²) in [5, 5.41) is 0. The maximum Gasteiger partial charge on any atom is 0.150 e. The fraction of sp³-hybridized carbons (Fsp3) is 0.571. The van der Waals surface area contributed by atoms with Crippen molar-refractivity contribution in [2.75, 3.05) is 17.4 Å². The fourth-order valence-electron chi connectivity index (χ4n) is 3.01. The van der Waals surface area contributed by atoms with Gasteiger partial charge in [0, 0.05) is 11.3 Å². The summed E-state index contributed by atoms with van der Waals surface area (Å²) >= 11 is 6.24. The number of sulfone groups is 1. The van der Waals surface area contributed by atoms with Crippen molar-refractivity contribution in [1.29, 1.82) is 0 Å². The molecule has 1 aliphatic heterocycles. The third-order valence-corrected chi connectivity index (χ3v) is 6.48. The Bertz CT molecular complexity index is 492. The number of halogens is 1. The summed E-state index contributed by atoms with van der Waals surface area (Å²) in [4.78, 5) is 0. The zero-order chi connectivity index (χ0) is 13.2. The van der Waals surface area contributed by atoms with Gasteiger partial charge in [-0.05, 0) is 24.3 Å². The van der Waals surface area contributed by atoms with Crippen LogP contribution in [0.5, 0.6) is 0 Å².